The van der Waals surface area contributed by atoms with Gasteiger partial charge in [-0.2, -0.15) is 0 Å². The first-order valence-electron chi connectivity index (χ1n) is 7.11. The molecule has 101 valence electrons. The van der Waals surface area contributed by atoms with Crippen LogP contribution in [-0.2, 0) is 28.0 Å². The number of hydrogen-bond acceptors (Lipinski definition) is 1. The predicted octanol–water partition coefficient (Wildman–Crippen LogP) is 4.59. The summed E-state index contributed by atoms with van der Waals surface area (Å²) in [5, 5.41) is 0. The van der Waals surface area contributed by atoms with Crippen molar-refractivity contribution < 1.29 is 21.4 Å². The van der Waals surface area contributed by atoms with Gasteiger partial charge in [0.2, 0.25) is 0 Å². The third-order valence-corrected chi connectivity index (χ3v) is 10.3. The van der Waals surface area contributed by atoms with Crippen molar-refractivity contribution in [2.24, 2.45) is 5.73 Å². The van der Waals surface area contributed by atoms with Crippen LogP contribution in [0.4, 0.5) is 0 Å². The molecule has 0 aliphatic heterocycles. The molecule has 0 fully saturated rings. The van der Waals surface area contributed by atoms with E-state index in [1.165, 1.54) is 22.3 Å². The second-order valence-corrected chi connectivity index (χ2v) is 15.6. The maximum atomic E-state index is 5.68. The summed E-state index contributed by atoms with van der Waals surface area (Å²) in [7, 11) is 0. The number of allylic oxidation sites excluding steroid dienone is 1. The molecule has 0 aromatic heterocycles. The van der Waals surface area contributed by atoms with Gasteiger partial charge >= 0.3 is 129 Å². The fraction of sp³-hybridized carbons (Fsp3) is 0.222. The Bertz CT molecular complexity index is 641. The van der Waals surface area contributed by atoms with Crippen molar-refractivity contribution in [1.29, 1.82) is 0 Å². The first-order valence-corrected chi connectivity index (χ1v) is 16.4. The zero-order valence-electron chi connectivity index (χ0n) is 12.1. The second-order valence-electron chi connectivity index (χ2n) is 5.62. The van der Waals surface area contributed by atoms with Gasteiger partial charge in [0, 0.05) is 0 Å². The third kappa shape index (κ3) is 2.47. The van der Waals surface area contributed by atoms with Crippen LogP contribution in [0.3, 0.4) is 0 Å². The first kappa shape index (κ1) is 14.0. The number of benzene rings is 2. The molecule has 2 heteroatoms. The Hall–Kier alpha value is -0.990. The van der Waals surface area contributed by atoms with Gasteiger partial charge in [0.1, 0.15) is 0 Å². The molecular formula is C18H20HfN. The molecule has 2 aromatic rings. The quantitative estimate of drug-likeness (QED) is 0.711. The number of rotatable bonds is 3. The van der Waals surface area contributed by atoms with Crippen molar-refractivity contribution in [3.63, 3.8) is 0 Å². The molecule has 1 unspecified atom stereocenters. The molecule has 0 amide bonds. The van der Waals surface area contributed by atoms with E-state index >= 15 is 0 Å². The van der Waals surface area contributed by atoms with Crippen LogP contribution < -0.4 is 5.73 Å². The minimum absolute atomic E-state index is 0.608. The summed E-state index contributed by atoms with van der Waals surface area (Å²) in [6.45, 7) is 0.608. The molecule has 2 aromatic carbocycles. The van der Waals surface area contributed by atoms with Crippen molar-refractivity contribution in [3.05, 3.63) is 65.2 Å². The third-order valence-electron chi connectivity index (χ3n) is 4.05. The molecule has 1 aliphatic rings. The molecule has 0 bridgehead atoms. The van der Waals surface area contributed by atoms with Gasteiger partial charge in [-0.1, -0.05) is 0 Å². The van der Waals surface area contributed by atoms with Gasteiger partial charge in [0.25, 0.3) is 0 Å². The summed E-state index contributed by atoms with van der Waals surface area (Å²) in [6.07, 6.45) is 4.77. The van der Waals surface area contributed by atoms with Gasteiger partial charge in [-0.25, -0.2) is 0 Å². The second kappa shape index (κ2) is 5.79. The van der Waals surface area contributed by atoms with E-state index < -0.39 is 21.4 Å². The molecule has 0 spiro atoms. The Kier molecular flexibility index (Phi) is 4.04. The Balaban J connectivity index is 2.05. The van der Waals surface area contributed by atoms with Crippen molar-refractivity contribution in [2.75, 3.05) is 0 Å². The van der Waals surface area contributed by atoms with Gasteiger partial charge in [-0.3, -0.25) is 0 Å². The van der Waals surface area contributed by atoms with Crippen LogP contribution in [0.25, 0.3) is 17.2 Å². The van der Waals surface area contributed by atoms with Crippen molar-refractivity contribution >= 4 is 6.08 Å². The fourth-order valence-corrected chi connectivity index (χ4v) is 7.78. The van der Waals surface area contributed by atoms with E-state index in [1.54, 1.807) is 5.56 Å². The molecule has 1 nitrogen and oxygen atoms in total. The molecular weight excluding hydrogens is 409 g/mol. The molecule has 0 radical (unpaired) electrons. The van der Waals surface area contributed by atoms with Gasteiger partial charge in [-0.15, -0.1) is 0 Å². The van der Waals surface area contributed by atoms with Crippen LogP contribution in [0, 0.1) is 0 Å². The summed E-state index contributed by atoms with van der Waals surface area (Å²) < 4.78 is 5.76. The fourth-order valence-electron chi connectivity index (χ4n) is 2.91. The Labute approximate surface area is 129 Å². The van der Waals surface area contributed by atoms with Crippen molar-refractivity contribution in [3.8, 4) is 11.1 Å². The van der Waals surface area contributed by atoms with Crippen LogP contribution in [0.5, 0.6) is 0 Å². The van der Waals surface area contributed by atoms with E-state index in [4.69, 9.17) is 5.73 Å². The average molecular weight is 429 g/mol. The Morgan fingerprint density at radius 2 is 1.80 bits per heavy atom. The van der Waals surface area contributed by atoms with Crippen LogP contribution in [0.2, 0.25) is 9.36 Å². The Morgan fingerprint density at radius 1 is 1.05 bits per heavy atom. The average Bonchev–Trinajstić information content (AvgIpc) is 2.91. The number of fused-ring (bicyclic) bond motifs is 1. The van der Waals surface area contributed by atoms with E-state index in [2.05, 4.69) is 64.0 Å². The standard InChI is InChI=1S/C16H14N.2CH3.Hf/c17-11-12-7-9-14(10-8-12)16-6-2-4-13-3-1-5-15(13)16;;;/h1-10H,11,17H2;2*1H3;. The zero-order valence-corrected chi connectivity index (χ0v) is 15.7. The SMILES string of the molecule is [CH3][Hf]([CH3])[CH]1C=Cc2c(-c3ccc(CN)cc3)cccc21. The summed E-state index contributed by atoms with van der Waals surface area (Å²) in [5.74, 6) is 0. The molecule has 0 heterocycles. The van der Waals surface area contributed by atoms with Crippen LogP contribution in [0.1, 0.15) is 20.4 Å². The van der Waals surface area contributed by atoms with Crippen molar-refractivity contribution in [2.45, 2.75) is 19.6 Å². The predicted molar refractivity (Wildman–Crippen MR) is 83.3 cm³/mol. The summed E-state index contributed by atoms with van der Waals surface area (Å²) in [6, 6.07) is 15.4. The van der Waals surface area contributed by atoms with Gasteiger partial charge in [-0.05, 0) is 0 Å². The maximum absolute atomic E-state index is 5.68. The molecule has 20 heavy (non-hydrogen) atoms. The summed E-state index contributed by atoms with van der Waals surface area (Å²) in [4.78, 5) is 0. The van der Waals surface area contributed by atoms with E-state index in [0.29, 0.717) is 6.54 Å². The van der Waals surface area contributed by atoms with E-state index in [1.807, 2.05) is 0 Å². The molecule has 3 rings (SSSR count). The molecule has 0 saturated heterocycles. The first-order chi connectivity index (χ1) is 9.70. The van der Waals surface area contributed by atoms with E-state index in [0.717, 1.165) is 3.67 Å². The van der Waals surface area contributed by atoms with Crippen LogP contribution >= 0.6 is 0 Å². The van der Waals surface area contributed by atoms with Gasteiger partial charge < -0.3 is 0 Å². The minimum atomic E-state index is -1.40. The van der Waals surface area contributed by atoms with E-state index in [-0.39, 0.29) is 0 Å². The number of nitrogens with two attached hydrogens (primary N) is 1. The normalized spacial score (nSPS) is 16.2. The van der Waals surface area contributed by atoms with Gasteiger partial charge in [0.05, 0.1) is 0 Å². The molecule has 1 aliphatic carbocycles. The Morgan fingerprint density at radius 3 is 2.45 bits per heavy atom. The van der Waals surface area contributed by atoms with Crippen LogP contribution in [0.15, 0.2) is 48.5 Å². The number of hydrogen-bond donors (Lipinski definition) is 1. The molecule has 2 N–H and O–H groups in total. The monoisotopic (exact) mass is 430 g/mol. The summed E-state index contributed by atoms with van der Waals surface area (Å²) >= 11 is -1.40. The molecule has 1 atom stereocenters. The summed E-state index contributed by atoms with van der Waals surface area (Å²) in [5.41, 5.74) is 12.5. The zero-order chi connectivity index (χ0) is 14.1. The van der Waals surface area contributed by atoms with Crippen LogP contribution in [-0.4, -0.2) is 0 Å². The molecule has 0 saturated carbocycles. The van der Waals surface area contributed by atoms with Crippen molar-refractivity contribution in [1.82, 2.24) is 0 Å². The van der Waals surface area contributed by atoms with E-state index in [9.17, 15) is 0 Å². The topological polar surface area (TPSA) is 26.0 Å². The van der Waals surface area contributed by atoms with Gasteiger partial charge in [0.15, 0.2) is 0 Å².